The molecule has 0 saturated heterocycles. The van der Waals surface area contributed by atoms with Crippen LogP contribution in [0.5, 0.6) is 0 Å². The van der Waals surface area contributed by atoms with E-state index in [4.69, 9.17) is 5.73 Å². The minimum Gasteiger partial charge on any atom is -0.324 e. The summed E-state index contributed by atoms with van der Waals surface area (Å²) >= 11 is 6.87. The van der Waals surface area contributed by atoms with Crippen LogP contribution >= 0.6 is 39.0 Å². The monoisotopic (exact) mass is 346 g/mol. The molecule has 0 aliphatic rings. The molecule has 98 valence electrons. The molecule has 0 aromatic carbocycles. The minimum absolute atomic E-state index is 0.329. The van der Waals surface area contributed by atoms with E-state index in [0.29, 0.717) is 12.6 Å². The van der Waals surface area contributed by atoms with Crippen LogP contribution in [-0.2, 0) is 12.3 Å². The van der Waals surface area contributed by atoms with Crippen molar-refractivity contribution < 1.29 is 0 Å². The molecular weight excluding hydrogens is 332 g/mol. The van der Waals surface area contributed by atoms with Gasteiger partial charge in [0, 0.05) is 11.8 Å². The van der Waals surface area contributed by atoms with Crippen molar-refractivity contribution in [2.45, 2.75) is 37.3 Å². The Morgan fingerprint density at radius 1 is 1.50 bits per heavy atom. The lowest BCUT2D eigenvalue weighted by molar-refractivity contribution is 0.526. The summed E-state index contributed by atoms with van der Waals surface area (Å²) in [6.07, 6.45) is 0. The largest absolute Gasteiger partial charge is 0.324 e. The molecule has 0 fully saturated rings. The molecular formula is C11H15BrN4S2. The zero-order chi connectivity index (χ0) is 13.1. The summed E-state index contributed by atoms with van der Waals surface area (Å²) in [6.45, 7) is 4.66. The Balaban J connectivity index is 2.11. The van der Waals surface area contributed by atoms with E-state index in [0.717, 1.165) is 20.5 Å². The average molecular weight is 347 g/mol. The van der Waals surface area contributed by atoms with Crippen LogP contribution < -0.4 is 5.73 Å². The van der Waals surface area contributed by atoms with Crippen molar-refractivity contribution in [1.82, 2.24) is 14.8 Å². The lowest BCUT2D eigenvalue weighted by Crippen LogP contribution is -2.11. The van der Waals surface area contributed by atoms with Gasteiger partial charge in [-0.15, -0.1) is 21.5 Å². The number of thioether (sulfide) groups is 1. The molecule has 0 aliphatic carbocycles. The van der Waals surface area contributed by atoms with Gasteiger partial charge in [0.25, 0.3) is 0 Å². The van der Waals surface area contributed by atoms with Crippen LogP contribution in [0.3, 0.4) is 0 Å². The molecule has 0 saturated carbocycles. The fourth-order valence-corrected chi connectivity index (χ4v) is 3.96. The van der Waals surface area contributed by atoms with Gasteiger partial charge in [-0.1, -0.05) is 11.8 Å². The number of hydrogen-bond acceptors (Lipinski definition) is 5. The summed E-state index contributed by atoms with van der Waals surface area (Å²) in [5, 5.41) is 11.4. The van der Waals surface area contributed by atoms with Crippen LogP contribution in [-0.4, -0.2) is 14.8 Å². The number of nitrogens with zero attached hydrogens (tertiary/aromatic N) is 3. The number of aromatic nitrogens is 3. The quantitative estimate of drug-likeness (QED) is 0.842. The van der Waals surface area contributed by atoms with Gasteiger partial charge in [0.1, 0.15) is 5.82 Å². The average Bonchev–Trinajstić information content (AvgIpc) is 2.92. The normalized spacial score (nSPS) is 11.4. The maximum Gasteiger partial charge on any atom is 0.191 e. The van der Waals surface area contributed by atoms with E-state index in [1.807, 2.05) is 0 Å². The molecule has 2 N–H and O–H groups in total. The number of rotatable bonds is 5. The molecule has 2 rings (SSSR count). The standard InChI is InChI=1S/C11H15BrN4S2/c1-7(2)16-10(4-13)14-15-11(16)18-6-8-3-9(12)17-5-8/h3,5,7H,4,6,13H2,1-2H3. The van der Waals surface area contributed by atoms with Crippen LogP contribution in [0.15, 0.2) is 20.4 Å². The molecule has 0 amide bonds. The predicted molar refractivity (Wildman–Crippen MR) is 79.9 cm³/mol. The fourth-order valence-electron chi connectivity index (χ4n) is 1.63. The van der Waals surface area contributed by atoms with Gasteiger partial charge < -0.3 is 10.3 Å². The number of hydrogen-bond donors (Lipinski definition) is 1. The first-order valence-corrected chi connectivity index (χ1v) is 8.27. The van der Waals surface area contributed by atoms with Gasteiger partial charge in [-0.05, 0) is 46.8 Å². The van der Waals surface area contributed by atoms with Crippen LogP contribution in [0.1, 0.15) is 31.3 Å². The summed E-state index contributed by atoms with van der Waals surface area (Å²) in [6, 6.07) is 2.47. The number of nitrogens with two attached hydrogens (primary N) is 1. The molecule has 0 bridgehead atoms. The zero-order valence-electron chi connectivity index (χ0n) is 10.3. The van der Waals surface area contributed by atoms with E-state index in [-0.39, 0.29) is 0 Å². The Morgan fingerprint density at radius 2 is 2.28 bits per heavy atom. The summed E-state index contributed by atoms with van der Waals surface area (Å²) in [5.41, 5.74) is 6.97. The second kappa shape index (κ2) is 6.18. The first-order valence-electron chi connectivity index (χ1n) is 5.61. The van der Waals surface area contributed by atoms with E-state index < -0.39 is 0 Å². The van der Waals surface area contributed by atoms with Crippen molar-refractivity contribution in [1.29, 1.82) is 0 Å². The van der Waals surface area contributed by atoms with Crippen LogP contribution in [0, 0.1) is 0 Å². The summed E-state index contributed by atoms with van der Waals surface area (Å²) in [5.74, 6) is 1.75. The smallest absolute Gasteiger partial charge is 0.191 e. The van der Waals surface area contributed by atoms with E-state index in [1.165, 1.54) is 5.56 Å². The third-order valence-electron chi connectivity index (χ3n) is 2.42. The summed E-state index contributed by atoms with van der Waals surface area (Å²) in [4.78, 5) is 0. The Labute approximate surface area is 123 Å². The summed E-state index contributed by atoms with van der Waals surface area (Å²) in [7, 11) is 0. The van der Waals surface area contributed by atoms with Gasteiger partial charge in [-0.3, -0.25) is 0 Å². The highest BCUT2D eigenvalue weighted by Crippen LogP contribution is 2.28. The molecule has 4 nitrogen and oxygen atoms in total. The summed E-state index contributed by atoms with van der Waals surface area (Å²) < 4.78 is 3.26. The second-order valence-electron chi connectivity index (χ2n) is 4.11. The van der Waals surface area contributed by atoms with Gasteiger partial charge in [0.15, 0.2) is 5.16 Å². The highest BCUT2D eigenvalue weighted by atomic mass is 79.9. The third-order valence-corrected chi connectivity index (χ3v) is 4.99. The highest BCUT2D eigenvalue weighted by Gasteiger charge is 2.14. The van der Waals surface area contributed by atoms with Gasteiger partial charge >= 0.3 is 0 Å². The molecule has 0 atom stereocenters. The van der Waals surface area contributed by atoms with E-state index in [9.17, 15) is 0 Å². The highest BCUT2D eigenvalue weighted by molar-refractivity contribution is 9.11. The first-order chi connectivity index (χ1) is 8.61. The van der Waals surface area contributed by atoms with Crippen molar-refractivity contribution in [2.24, 2.45) is 5.73 Å². The van der Waals surface area contributed by atoms with Crippen molar-refractivity contribution in [3.05, 3.63) is 26.6 Å². The Hall–Kier alpha value is -0.370. The topological polar surface area (TPSA) is 56.7 Å². The van der Waals surface area contributed by atoms with E-state index >= 15 is 0 Å². The van der Waals surface area contributed by atoms with Gasteiger partial charge in [0.05, 0.1) is 10.3 Å². The molecule has 2 aromatic rings. The zero-order valence-corrected chi connectivity index (χ0v) is 13.5. The molecule has 2 aromatic heterocycles. The molecule has 2 heterocycles. The fraction of sp³-hybridized carbons (Fsp3) is 0.455. The molecule has 0 radical (unpaired) electrons. The van der Waals surface area contributed by atoms with Crippen molar-refractivity contribution >= 4 is 39.0 Å². The lowest BCUT2D eigenvalue weighted by Gasteiger charge is -2.12. The first kappa shape index (κ1) is 14.0. The number of halogens is 1. The Kier molecular flexibility index (Phi) is 4.83. The van der Waals surface area contributed by atoms with Crippen LogP contribution in [0.4, 0.5) is 0 Å². The molecule has 0 spiro atoms. The van der Waals surface area contributed by atoms with Crippen LogP contribution in [0.2, 0.25) is 0 Å². The lowest BCUT2D eigenvalue weighted by atomic mass is 10.4. The Morgan fingerprint density at radius 3 is 2.83 bits per heavy atom. The molecule has 0 aliphatic heterocycles. The minimum atomic E-state index is 0.329. The predicted octanol–water partition coefficient (Wildman–Crippen LogP) is 3.43. The third kappa shape index (κ3) is 3.14. The van der Waals surface area contributed by atoms with Gasteiger partial charge in [-0.25, -0.2) is 0 Å². The van der Waals surface area contributed by atoms with Crippen molar-refractivity contribution in [2.75, 3.05) is 0 Å². The van der Waals surface area contributed by atoms with Gasteiger partial charge in [-0.2, -0.15) is 0 Å². The Bertz CT molecular complexity index is 521. The van der Waals surface area contributed by atoms with Crippen molar-refractivity contribution in [3.8, 4) is 0 Å². The maximum absolute atomic E-state index is 5.68. The molecule has 7 heteroatoms. The second-order valence-corrected chi connectivity index (χ2v) is 7.35. The van der Waals surface area contributed by atoms with Crippen molar-refractivity contribution in [3.63, 3.8) is 0 Å². The molecule has 0 unspecified atom stereocenters. The number of thiophene rings is 1. The maximum atomic E-state index is 5.68. The van der Waals surface area contributed by atoms with Crippen LogP contribution in [0.25, 0.3) is 0 Å². The van der Waals surface area contributed by atoms with E-state index in [2.05, 4.69) is 56.0 Å². The molecule has 18 heavy (non-hydrogen) atoms. The van der Waals surface area contributed by atoms with Gasteiger partial charge in [0.2, 0.25) is 0 Å². The van der Waals surface area contributed by atoms with E-state index in [1.54, 1.807) is 23.1 Å². The SMILES string of the molecule is CC(C)n1c(CN)nnc1SCc1csc(Br)c1.